The van der Waals surface area contributed by atoms with Crippen LogP contribution >= 0.6 is 11.3 Å². The van der Waals surface area contributed by atoms with E-state index in [1.54, 1.807) is 11.3 Å². The molecule has 7 heteroatoms. The number of hydrogen-bond acceptors (Lipinski definition) is 6. The summed E-state index contributed by atoms with van der Waals surface area (Å²) in [7, 11) is 2.08. The molecule has 0 fully saturated rings. The van der Waals surface area contributed by atoms with Gasteiger partial charge in [-0.2, -0.15) is 0 Å². The molecule has 0 aliphatic rings. The molecule has 2 heterocycles. The van der Waals surface area contributed by atoms with E-state index in [9.17, 15) is 4.79 Å². The number of carbonyl (C=O) groups excluding carboxylic acids is 1. The standard InChI is InChI=1S/C21H25N3O3S/c1-24(14-17-7-3-2-4-8-17)11-6-10-22-21(25)16-26-15-18-13-19(27-23-18)20-9-5-12-28-20/h2-5,7-9,12-13H,6,10-11,14-16H2,1H3,(H,22,25). The van der Waals surface area contributed by atoms with Crippen molar-refractivity contribution in [1.29, 1.82) is 0 Å². The molecule has 0 unspecified atom stereocenters. The molecule has 0 aliphatic heterocycles. The Morgan fingerprint density at radius 1 is 1.25 bits per heavy atom. The Kier molecular flexibility index (Phi) is 7.78. The van der Waals surface area contributed by atoms with E-state index in [-0.39, 0.29) is 19.1 Å². The maximum atomic E-state index is 11.9. The lowest BCUT2D eigenvalue weighted by atomic mass is 10.2. The highest BCUT2D eigenvalue weighted by Crippen LogP contribution is 2.25. The minimum absolute atomic E-state index is 0.0149. The largest absolute Gasteiger partial charge is 0.365 e. The van der Waals surface area contributed by atoms with Crippen molar-refractivity contribution < 1.29 is 14.1 Å². The number of hydrogen-bond donors (Lipinski definition) is 1. The molecule has 0 atom stereocenters. The van der Waals surface area contributed by atoms with Crippen LogP contribution in [0.1, 0.15) is 17.7 Å². The number of benzene rings is 1. The molecule has 2 aromatic heterocycles. The summed E-state index contributed by atoms with van der Waals surface area (Å²) in [5.41, 5.74) is 1.97. The van der Waals surface area contributed by atoms with Crippen molar-refractivity contribution in [3.8, 4) is 10.6 Å². The number of carbonyl (C=O) groups is 1. The Hall–Kier alpha value is -2.48. The first-order chi connectivity index (χ1) is 13.7. The molecule has 6 nitrogen and oxygen atoms in total. The fourth-order valence-electron chi connectivity index (χ4n) is 2.76. The molecule has 0 spiro atoms. The smallest absolute Gasteiger partial charge is 0.246 e. The van der Waals surface area contributed by atoms with Gasteiger partial charge in [-0.05, 0) is 37.0 Å². The van der Waals surface area contributed by atoms with Crippen LogP contribution in [0.25, 0.3) is 10.6 Å². The summed E-state index contributed by atoms with van der Waals surface area (Å²) < 4.78 is 10.7. The van der Waals surface area contributed by atoms with Crippen molar-refractivity contribution in [1.82, 2.24) is 15.4 Å². The lowest BCUT2D eigenvalue weighted by Gasteiger charge is -2.16. The van der Waals surface area contributed by atoms with Gasteiger partial charge in [0.1, 0.15) is 12.3 Å². The molecule has 0 saturated heterocycles. The van der Waals surface area contributed by atoms with Crippen LogP contribution in [-0.2, 0) is 22.7 Å². The van der Waals surface area contributed by atoms with Crippen molar-refractivity contribution in [2.24, 2.45) is 0 Å². The van der Waals surface area contributed by atoms with Gasteiger partial charge in [-0.3, -0.25) is 4.79 Å². The SMILES string of the molecule is CN(CCCNC(=O)COCc1cc(-c2cccs2)on1)Cc1ccccc1. The summed E-state index contributed by atoms with van der Waals surface area (Å²) in [6.07, 6.45) is 0.891. The fourth-order valence-corrected chi connectivity index (χ4v) is 3.44. The number of nitrogens with zero attached hydrogens (tertiary/aromatic N) is 2. The van der Waals surface area contributed by atoms with Crippen LogP contribution in [-0.4, -0.2) is 42.7 Å². The Morgan fingerprint density at radius 3 is 2.89 bits per heavy atom. The van der Waals surface area contributed by atoms with E-state index in [2.05, 4.69) is 34.6 Å². The van der Waals surface area contributed by atoms with Gasteiger partial charge in [-0.25, -0.2) is 0 Å². The van der Waals surface area contributed by atoms with Crippen molar-refractivity contribution in [2.45, 2.75) is 19.6 Å². The Balaban J connectivity index is 1.26. The summed E-state index contributed by atoms with van der Waals surface area (Å²) in [6, 6.07) is 16.1. The highest BCUT2D eigenvalue weighted by Gasteiger charge is 2.09. The quantitative estimate of drug-likeness (QED) is 0.500. The summed E-state index contributed by atoms with van der Waals surface area (Å²) in [5.74, 6) is 0.602. The summed E-state index contributed by atoms with van der Waals surface area (Å²) in [5, 5.41) is 8.83. The van der Waals surface area contributed by atoms with Crippen LogP contribution < -0.4 is 5.32 Å². The lowest BCUT2D eigenvalue weighted by molar-refractivity contribution is -0.126. The Labute approximate surface area is 169 Å². The molecular formula is C21H25N3O3S. The monoisotopic (exact) mass is 399 g/mol. The molecule has 0 radical (unpaired) electrons. The molecule has 148 valence electrons. The van der Waals surface area contributed by atoms with Gasteiger partial charge in [0.25, 0.3) is 0 Å². The van der Waals surface area contributed by atoms with Crippen LogP contribution in [0.5, 0.6) is 0 Å². The van der Waals surface area contributed by atoms with Gasteiger partial charge in [0.05, 0.1) is 11.5 Å². The molecular weight excluding hydrogens is 374 g/mol. The van der Waals surface area contributed by atoms with Gasteiger partial charge >= 0.3 is 0 Å². The molecule has 1 aromatic carbocycles. The van der Waals surface area contributed by atoms with Crippen molar-refractivity contribution >= 4 is 17.2 Å². The molecule has 1 N–H and O–H groups in total. The number of rotatable bonds is 11. The van der Waals surface area contributed by atoms with E-state index < -0.39 is 0 Å². The zero-order valence-electron chi connectivity index (χ0n) is 16.0. The van der Waals surface area contributed by atoms with E-state index in [1.165, 1.54) is 5.56 Å². The fraction of sp³-hybridized carbons (Fsp3) is 0.333. The van der Waals surface area contributed by atoms with Crippen LogP contribution in [0.3, 0.4) is 0 Å². The molecule has 3 rings (SSSR count). The highest BCUT2D eigenvalue weighted by atomic mass is 32.1. The van der Waals surface area contributed by atoms with Gasteiger partial charge in [0.2, 0.25) is 5.91 Å². The van der Waals surface area contributed by atoms with Crippen molar-refractivity contribution in [2.75, 3.05) is 26.7 Å². The lowest BCUT2D eigenvalue weighted by Crippen LogP contribution is -2.30. The summed E-state index contributed by atoms with van der Waals surface area (Å²) >= 11 is 1.59. The number of aromatic nitrogens is 1. The van der Waals surface area contributed by atoms with Crippen LogP contribution in [0.4, 0.5) is 0 Å². The minimum Gasteiger partial charge on any atom is -0.365 e. The molecule has 0 aliphatic carbocycles. The zero-order valence-corrected chi connectivity index (χ0v) is 16.8. The molecule has 0 saturated carbocycles. The topological polar surface area (TPSA) is 67.6 Å². The Bertz CT molecular complexity index is 834. The van der Waals surface area contributed by atoms with Gasteiger partial charge < -0.3 is 19.5 Å². The van der Waals surface area contributed by atoms with Gasteiger partial charge in [0, 0.05) is 19.2 Å². The highest BCUT2D eigenvalue weighted by molar-refractivity contribution is 7.13. The first kappa shape index (κ1) is 20.3. The number of nitrogens with one attached hydrogen (secondary N) is 1. The predicted molar refractivity (Wildman–Crippen MR) is 110 cm³/mol. The van der Waals surface area contributed by atoms with E-state index in [1.807, 2.05) is 41.8 Å². The van der Waals surface area contributed by atoms with Crippen LogP contribution in [0, 0.1) is 0 Å². The minimum atomic E-state index is -0.118. The maximum absolute atomic E-state index is 11.9. The second-order valence-electron chi connectivity index (χ2n) is 6.58. The first-order valence-electron chi connectivity index (χ1n) is 9.27. The summed E-state index contributed by atoms with van der Waals surface area (Å²) in [4.78, 5) is 15.1. The van der Waals surface area contributed by atoms with Gasteiger partial charge in [-0.15, -0.1) is 11.3 Å². The van der Waals surface area contributed by atoms with Crippen molar-refractivity contribution in [3.05, 3.63) is 65.2 Å². The number of amides is 1. The van der Waals surface area contributed by atoms with E-state index in [0.717, 1.165) is 30.1 Å². The third-order valence-corrected chi connectivity index (χ3v) is 5.02. The van der Waals surface area contributed by atoms with E-state index in [4.69, 9.17) is 9.26 Å². The van der Waals surface area contributed by atoms with Crippen LogP contribution in [0.15, 0.2) is 58.4 Å². The normalized spacial score (nSPS) is 11.1. The number of thiophene rings is 1. The summed E-state index contributed by atoms with van der Waals surface area (Å²) in [6.45, 7) is 2.72. The molecule has 1 amide bonds. The van der Waals surface area contributed by atoms with Crippen LogP contribution in [0.2, 0.25) is 0 Å². The predicted octanol–water partition coefficient (Wildman–Crippen LogP) is 3.56. The Morgan fingerprint density at radius 2 is 2.11 bits per heavy atom. The second kappa shape index (κ2) is 10.8. The second-order valence-corrected chi connectivity index (χ2v) is 7.53. The third-order valence-electron chi connectivity index (χ3n) is 4.14. The molecule has 3 aromatic rings. The van der Waals surface area contributed by atoms with E-state index >= 15 is 0 Å². The zero-order chi connectivity index (χ0) is 19.6. The molecule has 0 bridgehead atoms. The van der Waals surface area contributed by atoms with Crippen molar-refractivity contribution in [3.63, 3.8) is 0 Å². The third kappa shape index (κ3) is 6.60. The molecule has 28 heavy (non-hydrogen) atoms. The average molecular weight is 400 g/mol. The maximum Gasteiger partial charge on any atom is 0.246 e. The first-order valence-corrected chi connectivity index (χ1v) is 10.1. The van der Waals surface area contributed by atoms with Gasteiger partial charge in [-0.1, -0.05) is 41.6 Å². The van der Waals surface area contributed by atoms with E-state index in [0.29, 0.717) is 12.2 Å². The number of ether oxygens (including phenoxy) is 1. The van der Waals surface area contributed by atoms with Gasteiger partial charge in [0.15, 0.2) is 5.76 Å². The average Bonchev–Trinajstić information content (AvgIpc) is 3.38.